The van der Waals surface area contributed by atoms with Gasteiger partial charge in [0.15, 0.2) is 11.4 Å². The Morgan fingerprint density at radius 2 is 2.12 bits per heavy atom. The number of hydrogen-bond donors (Lipinski definition) is 1. The number of fused-ring (bicyclic) bond motifs is 2. The molecule has 8 nitrogen and oxygen atoms in total. The molecule has 1 aliphatic rings. The average Bonchev–Trinajstić information content (AvgIpc) is 2.91. The summed E-state index contributed by atoms with van der Waals surface area (Å²) in [4.78, 5) is 40.9. The molecule has 3 aromatic rings. The number of anilines is 1. The van der Waals surface area contributed by atoms with Crippen LogP contribution >= 0.6 is 15.9 Å². The van der Waals surface area contributed by atoms with Crippen molar-refractivity contribution in [2.45, 2.75) is 19.4 Å². The molecule has 0 fully saturated rings. The summed E-state index contributed by atoms with van der Waals surface area (Å²) in [5.74, 6) is -0.225. The molecule has 132 valence electrons. The number of aromatic nitrogens is 4. The highest BCUT2D eigenvalue weighted by atomic mass is 79.9. The van der Waals surface area contributed by atoms with Crippen LogP contribution in [-0.4, -0.2) is 31.0 Å². The third kappa shape index (κ3) is 2.74. The molecule has 3 heterocycles. The Morgan fingerprint density at radius 1 is 1.31 bits per heavy atom. The number of carbonyl (C=O) groups is 2. The maximum Gasteiger partial charge on any atom is 0.266 e. The minimum atomic E-state index is -0.325. The summed E-state index contributed by atoms with van der Waals surface area (Å²) in [6.45, 7) is -0.117. The van der Waals surface area contributed by atoms with Gasteiger partial charge in [0.1, 0.15) is 16.3 Å². The van der Waals surface area contributed by atoms with Crippen LogP contribution in [0.2, 0.25) is 0 Å². The molecule has 1 aromatic carbocycles. The van der Waals surface area contributed by atoms with Gasteiger partial charge in [0.2, 0.25) is 5.91 Å². The number of nitrogens with zero attached hydrogens (tertiary/aromatic N) is 4. The first-order valence-corrected chi connectivity index (χ1v) is 8.77. The SMILES string of the molecule is Cn1nc(Br)c2c(=O)n(CC(=O)c3ccc4c(c3)CCC(=O)N4)cnc21. The van der Waals surface area contributed by atoms with E-state index in [1.165, 1.54) is 15.6 Å². The third-order valence-electron chi connectivity index (χ3n) is 4.41. The molecule has 2 aromatic heterocycles. The predicted molar refractivity (Wildman–Crippen MR) is 98.2 cm³/mol. The first kappa shape index (κ1) is 16.6. The lowest BCUT2D eigenvalue weighted by molar-refractivity contribution is -0.116. The molecule has 0 saturated heterocycles. The second-order valence-electron chi connectivity index (χ2n) is 6.13. The van der Waals surface area contributed by atoms with E-state index in [2.05, 4.69) is 31.3 Å². The van der Waals surface area contributed by atoms with Crippen molar-refractivity contribution in [3.05, 3.63) is 50.6 Å². The van der Waals surface area contributed by atoms with Gasteiger partial charge in [-0.25, -0.2) is 9.67 Å². The standard InChI is InChI=1S/C17H14BrN5O3/c1-22-16-14(15(18)21-22)17(26)23(8-19-16)7-12(24)10-2-4-11-9(6-10)3-5-13(25)20-11/h2,4,6,8H,3,5,7H2,1H3,(H,20,25). The third-order valence-corrected chi connectivity index (χ3v) is 4.96. The molecule has 9 heteroatoms. The highest BCUT2D eigenvalue weighted by molar-refractivity contribution is 9.10. The summed E-state index contributed by atoms with van der Waals surface area (Å²) in [7, 11) is 1.70. The van der Waals surface area contributed by atoms with Crippen LogP contribution in [0.5, 0.6) is 0 Å². The Hall–Kier alpha value is -2.81. The minimum Gasteiger partial charge on any atom is -0.326 e. The number of ketones is 1. The van der Waals surface area contributed by atoms with Gasteiger partial charge in [0, 0.05) is 24.7 Å². The number of Topliss-reactive ketones (excluding diaryl/α,β-unsaturated/α-hetero) is 1. The Kier molecular flexibility index (Phi) is 3.95. The molecule has 1 amide bonds. The van der Waals surface area contributed by atoms with E-state index in [4.69, 9.17) is 0 Å². The van der Waals surface area contributed by atoms with Crippen LogP contribution in [0.1, 0.15) is 22.3 Å². The molecule has 0 unspecified atom stereocenters. The molecule has 0 saturated carbocycles. The second-order valence-corrected chi connectivity index (χ2v) is 6.89. The van der Waals surface area contributed by atoms with Gasteiger partial charge in [-0.2, -0.15) is 5.10 Å². The lowest BCUT2D eigenvalue weighted by Crippen LogP contribution is -2.25. The smallest absolute Gasteiger partial charge is 0.266 e. The fraction of sp³-hybridized carbons (Fsp3) is 0.235. The predicted octanol–water partition coefficient (Wildman–Crippen LogP) is 1.66. The number of rotatable bonds is 3. The van der Waals surface area contributed by atoms with Gasteiger partial charge in [-0.1, -0.05) is 0 Å². The molecular weight excluding hydrogens is 402 g/mol. The molecule has 1 aliphatic heterocycles. The number of amides is 1. The minimum absolute atomic E-state index is 0.0236. The Labute approximate surface area is 156 Å². The number of hydrogen-bond acceptors (Lipinski definition) is 5. The van der Waals surface area contributed by atoms with Gasteiger partial charge in [-0.15, -0.1) is 0 Å². The summed E-state index contributed by atoms with van der Waals surface area (Å²) >= 11 is 3.26. The number of aryl methyl sites for hydroxylation is 2. The Balaban J connectivity index is 1.66. The van der Waals surface area contributed by atoms with Crippen LogP contribution in [0.15, 0.2) is 33.9 Å². The fourth-order valence-electron chi connectivity index (χ4n) is 3.05. The van der Waals surface area contributed by atoms with Crippen LogP contribution in [0.25, 0.3) is 11.0 Å². The molecule has 1 N–H and O–H groups in total. The van der Waals surface area contributed by atoms with E-state index in [9.17, 15) is 14.4 Å². The van der Waals surface area contributed by atoms with Gasteiger partial charge in [-0.3, -0.25) is 19.0 Å². The average molecular weight is 416 g/mol. The molecule has 0 bridgehead atoms. The van der Waals surface area contributed by atoms with Gasteiger partial charge >= 0.3 is 0 Å². The Morgan fingerprint density at radius 3 is 2.92 bits per heavy atom. The highest BCUT2D eigenvalue weighted by Gasteiger charge is 2.18. The van der Waals surface area contributed by atoms with Crippen LogP contribution in [0.4, 0.5) is 5.69 Å². The quantitative estimate of drug-likeness (QED) is 0.655. The molecule has 0 radical (unpaired) electrons. The molecular formula is C17H14BrN5O3. The van der Waals surface area contributed by atoms with E-state index in [0.717, 1.165) is 11.3 Å². The maximum atomic E-state index is 12.6. The Bertz CT molecular complexity index is 1130. The van der Waals surface area contributed by atoms with Crippen molar-refractivity contribution in [1.82, 2.24) is 19.3 Å². The molecule has 0 aliphatic carbocycles. The van der Waals surface area contributed by atoms with E-state index in [0.29, 0.717) is 34.0 Å². The summed E-state index contributed by atoms with van der Waals surface area (Å²) in [6, 6.07) is 5.15. The normalized spacial score (nSPS) is 13.5. The number of benzene rings is 1. The lowest BCUT2D eigenvalue weighted by Gasteiger charge is -2.17. The maximum absolute atomic E-state index is 12.6. The van der Waals surface area contributed by atoms with Crippen LogP contribution in [-0.2, 0) is 24.8 Å². The van der Waals surface area contributed by atoms with Crippen LogP contribution in [0, 0.1) is 0 Å². The molecule has 4 rings (SSSR count). The van der Waals surface area contributed by atoms with Gasteiger partial charge in [0.05, 0.1) is 6.54 Å². The zero-order valence-corrected chi connectivity index (χ0v) is 15.4. The van der Waals surface area contributed by atoms with Crippen molar-refractivity contribution in [3.63, 3.8) is 0 Å². The van der Waals surface area contributed by atoms with Gasteiger partial charge in [-0.05, 0) is 46.1 Å². The van der Waals surface area contributed by atoms with E-state index in [1.54, 1.807) is 25.2 Å². The monoisotopic (exact) mass is 415 g/mol. The summed E-state index contributed by atoms with van der Waals surface area (Å²) < 4.78 is 3.18. The van der Waals surface area contributed by atoms with Crippen molar-refractivity contribution in [1.29, 1.82) is 0 Å². The summed E-state index contributed by atoms with van der Waals surface area (Å²) in [6.07, 6.45) is 2.35. The highest BCUT2D eigenvalue weighted by Crippen LogP contribution is 2.24. The van der Waals surface area contributed by atoms with Crippen LogP contribution < -0.4 is 10.9 Å². The zero-order chi connectivity index (χ0) is 18.4. The number of carbonyl (C=O) groups excluding carboxylic acids is 2. The van der Waals surface area contributed by atoms with Crippen molar-refractivity contribution in [2.24, 2.45) is 7.05 Å². The summed E-state index contributed by atoms with van der Waals surface area (Å²) in [5.41, 5.74) is 2.28. The second kappa shape index (κ2) is 6.17. The van der Waals surface area contributed by atoms with Crippen LogP contribution in [0.3, 0.4) is 0 Å². The first-order valence-electron chi connectivity index (χ1n) is 7.97. The number of halogens is 1. The van der Waals surface area contributed by atoms with Gasteiger partial charge in [0.25, 0.3) is 5.56 Å². The van der Waals surface area contributed by atoms with E-state index in [1.807, 2.05) is 0 Å². The molecule has 0 spiro atoms. The zero-order valence-electron chi connectivity index (χ0n) is 13.8. The fourth-order valence-corrected chi connectivity index (χ4v) is 3.64. The van der Waals surface area contributed by atoms with Gasteiger partial charge < -0.3 is 5.32 Å². The van der Waals surface area contributed by atoms with Crippen molar-refractivity contribution in [3.8, 4) is 0 Å². The lowest BCUT2D eigenvalue weighted by atomic mass is 9.99. The first-order chi connectivity index (χ1) is 12.4. The van der Waals surface area contributed by atoms with E-state index in [-0.39, 0.29) is 23.8 Å². The molecule has 26 heavy (non-hydrogen) atoms. The van der Waals surface area contributed by atoms with Crippen molar-refractivity contribution in [2.75, 3.05) is 5.32 Å². The summed E-state index contributed by atoms with van der Waals surface area (Å²) in [5, 5.41) is 7.25. The van der Waals surface area contributed by atoms with Crippen molar-refractivity contribution >= 4 is 44.3 Å². The molecule has 0 atom stereocenters. The van der Waals surface area contributed by atoms with E-state index >= 15 is 0 Å². The topological polar surface area (TPSA) is 98.9 Å². The van der Waals surface area contributed by atoms with E-state index < -0.39 is 0 Å². The number of nitrogens with one attached hydrogen (secondary N) is 1. The largest absolute Gasteiger partial charge is 0.326 e. The van der Waals surface area contributed by atoms with Crippen molar-refractivity contribution < 1.29 is 9.59 Å².